The van der Waals surface area contributed by atoms with Crippen molar-refractivity contribution in [3.63, 3.8) is 0 Å². The Hall–Kier alpha value is -2.51. The highest BCUT2D eigenvalue weighted by Gasteiger charge is 2.25. The second-order valence-corrected chi connectivity index (χ2v) is 8.19. The summed E-state index contributed by atoms with van der Waals surface area (Å²) in [6, 6.07) is 17.8. The Bertz CT molecular complexity index is 935. The number of hydrogen-bond acceptors (Lipinski definition) is 5. The van der Waals surface area contributed by atoms with E-state index in [4.69, 9.17) is 4.52 Å². The number of amides is 1. The molecule has 0 spiro atoms. The summed E-state index contributed by atoms with van der Waals surface area (Å²) in [5.74, 6) is 1.41. The Morgan fingerprint density at radius 1 is 1.10 bits per heavy atom. The van der Waals surface area contributed by atoms with Gasteiger partial charge in [0.1, 0.15) is 0 Å². The molecule has 2 aromatic carbocycles. The Balaban J connectivity index is 1.25. The van der Waals surface area contributed by atoms with Crippen molar-refractivity contribution in [2.24, 2.45) is 5.92 Å². The number of hydrogen-bond donors (Lipinski definition) is 1. The minimum Gasteiger partial charge on any atom is -0.352 e. The predicted molar refractivity (Wildman–Crippen MR) is 114 cm³/mol. The monoisotopic (exact) mass is 454 g/mol. The summed E-state index contributed by atoms with van der Waals surface area (Å²) in [4.78, 5) is 19.2. The lowest BCUT2D eigenvalue weighted by Crippen LogP contribution is -2.40. The quantitative estimate of drug-likeness (QED) is 0.608. The number of rotatable bonds is 6. The van der Waals surface area contributed by atoms with Gasteiger partial charge in [-0.2, -0.15) is 4.98 Å². The van der Waals surface area contributed by atoms with Gasteiger partial charge < -0.3 is 9.84 Å². The Labute approximate surface area is 178 Å². The van der Waals surface area contributed by atoms with Gasteiger partial charge in [-0.05, 0) is 55.8 Å². The van der Waals surface area contributed by atoms with Crippen LogP contribution < -0.4 is 5.32 Å². The first kappa shape index (κ1) is 19.8. The number of benzene rings is 2. The number of nitrogens with one attached hydrogen (secondary N) is 1. The molecule has 6 nitrogen and oxygen atoms in total. The third-order valence-corrected chi connectivity index (χ3v) is 5.73. The van der Waals surface area contributed by atoms with E-state index in [1.165, 1.54) is 0 Å². The van der Waals surface area contributed by atoms with Crippen LogP contribution in [0.4, 0.5) is 0 Å². The van der Waals surface area contributed by atoms with Gasteiger partial charge in [-0.15, -0.1) is 0 Å². The minimum absolute atomic E-state index is 0.0657. The maximum Gasteiger partial charge on any atom is 0.241 e. The molecule has 1 fully saturated rings. The van der Waals surface area contributed by atoms with E-state index in [0.29, 0.717) is 24.8 Å². The first-order chi connectivity index (χ1) is 14.2. The topological polar surface area (TPSA) is 71.3 Å². The highest BCUT2D eigenvalue weighted by molar-refractivity contribution is 9.10. The van der Waals surface area contributed by atoms with Gasteiger partial charge in [0.2, 0.25) is 17.6 Å². The summed E-state index contributed by atoms with van der Waals surface area (Å²) < 4.78 is 6.43. The average Bonchev–Trinajstić information content (AvgIpc) is 3.22. The van der Waals surface area contributed by atoms with Crippen molar-refractivity contribution in [3.05, 3.63) is 70.5 Å². The second kappa shape index (κ2) is 9.33. The highest BCUT2D eigenvalue weighted by Crippen LogP contribution is 2.22. The molecule has 0 bridgehead atoms. The van der Waals surface area contributed by atoms with E-state index in [1.54, 1.807) is 0 Å². The van der Waals surface area contributed by atoms with Crippen molar-refractivity contribution in [1.29, 1.82) is 0 Å². The zero-order valence-electron chi connectivity index (χ0n) is 16.1. The Kier molecular flexibility index (Phi) is 6.36. The number of aromatic nitrogens is 2. The van der Waals surface area contributed by atoms with Gasteiger partial charge >= 0.3 is 0 Å². The van der Waals surface area contributed by atoms with Crippen LogP contribution in [-0.2, 0) is 17.9 Å². The normalized spacial score (nSPS) is 15.3. The number of carbonyl (C=O) groups excluding carboxylic acids is 1. The van der Waals surface area contributed by atoms with Gasteiger partial charge in [0.05, 0.1) is 6.54 Å². The van der Waals surface area contributed by atoms with Gasteiger partial charge in [-0.1, -0.05) is 51.4 Å². The summed E-state index contributed by atoms with van der Waals surface area (Å²) in [7, 11) is 0. The van der Waals surface area contributed by atoms with E-state index < -0.39 is 0 Å². The standard InChI is InChI=1S/C22H23BrN4O2/c23-19-8-6-17(7-9-19)21-25-20(29-26-21)15-27-12-10-18(11-13-27)22(28)24-14-16-4-2-1-3-5-16/h1-9,18H,10-15H2,(H,24,28). The molecule has 29 heavy (non-hydrogen) atoms. The molecule has 0 atom stereocenters. The zero-order chi connectivity index (χ0) is 20.1. The van der Waals surface area contributed by atoms with Gasteiger partial charge in [0.25, 0.3) is 0 Å². The summed E-state index contributed by atoms with van der Waals surface area (Å²) in [6.45, 7) is 2.89. The predicted octanol–water partition coefficient (Wildman–Crippen LogP) is 4.03. The van der Waals surface area contributed by atoms with Crippen molar-refractivity contribution in [2.45, 2.75) is 25.9 Å². The maximum absolute atomic E-state index is 12.4. The van der Waals surface area contributed by atoms with Crippen molar-refractivity contribution in [1.82, 2.24) is 20.4 Å². The van der Waals surface area contributed by atoms with E-state index in [0.717, 1.165) is 41.5 Å². The molecule has 150 valence electrons. The van der Waals surface area contributed by atoms with Crippen LogP contribution in [0.3, 0.4) is 0 Å². The number of piperidine rings is 1. The Morgan fingerprint density at radius 3 is 2.55 bits per heavy atom. The van der Waals surface area contributed by atoms with E-state index in [-0.39, 0.29) is 11.8 Å². The van der Waals surface area contributed by atoms with Crippen LogP contribution in [0.2, 0.25) is 0 Å². The van der Waals surface area contributed by atoms with E-state index in [9.17, 15) is 4.79 Å². The molecule has 0 radical (unpaired) electrons. The van der Waals surface area contributed by atoms with Crippen LogP contribution in [0, 0.1) is 5.92 Å². The fraction of sp³-hybridized carbons (Fsp3) is 0.318. The van der Waals surface area contributed by atoms with Gasteiger partial charge in [0.15, 0.2) is 0 Å². The summed E-state index contributed by atoms with van der Waals surface area (Å²) in [5.41, 5.74) is 2.05. The second-order valence-electron chi connectivity index (χ2n) is 7.27. The molecule has 2 heterocycles. The third-order valence-electron chi connectivity index (χ3n) is 5.20. The molecule has 0 aliphatic carbocycles. The number of halogens is 1. The van der Waals surface area contributed by atoms with Crippen LogP contribution in [-0.4, -0.2) is 34.0 Å². The first-order valence-electron chi connectivity index (χ1n) is 9.80. The molecular formula is C22H23BrN4O2. The molecular weight excluding hydrogens is 432 g/mol. The van der Waals surface area contributed by atoms with E-state index in [2.05, 4.69) is 36.3 Å². The van der Waals surface area contributed by atoms with E-state index >= 15 is 0 Å². The summed E-state index contributed by atoms with van der Waals surface area (Å²) >= 11 is 3.43. The molecule has 4 rings (SSSR count). The lowest BCUT2D eigenvalue weighted by molar-refractivity contribution is -0.126. The molecule has 1 saturated heterocycles. The third kappa shape index (κ3) is 5.31. The number of carbonyl (C=O) groups is 1. The van der Waals surface area contributed by atoms with Crippen molar-refractivity contribution >= 4 is 21.8 Å². The zero-order valence-corrected chi connectivity index (χ0v) is 17.6. The molecule has 1 aliphatic heterocycles. The highest BCUT2D eigenvalue weighted by atomic mass is 79.9. The van der Waals surface area contributed by atoms with Crippen LogP contribution >= 0.6 is 15.9 Å². The SMILES string of the molecule is O=C(NCc1ccccc1)C1CCN(Cc2nc(-c3ccc(Br)cc3)no2)CC1. The molecule has 0 unspecified atom stereocenters. The van der Waals surface area contributed by atoms with Crippen LogP contribution in [0.5, 0.6) is 0 Å². The smallest absolute Gasteiger partial charge is 0.241 e. The fourth-order valence-corrected chi connectivity index (χ4v) is 3.77. The van der Waals surface area contributed by atoms with Crippen LogP contribution in [0.15, 0.2) is 63.6 Å². The molecule has 1 aromatic heterocycles. The van der Waals surface area contributed by atoms with Gasteiger partial charge in [-0.25, -0.2) is 0 Å². The Morgan fingerprint density at radius 2 is 1.83 bits per heavy atom. The average molecular weight is 455 g/mol. The molecule has 0 saturated carbocycles. The molecule has 1 amide bonds. The van der Waals surface area contributed by atoms with Gasteiger partial charge in [-0.3, -0.25) is 9.69 Å². The molecule has 7 heteroatoms. The van der Waals surface area contributed by atoms with E-state index in [1.807, 2.05) is 54.6 Å². The van der Waals surface area contributed by atoms with Crippen molar-refractivity contribution < 1.29 is 9.32 Å². The number of nitrogens with zero attached hydrogens (tertiary/aromatic N) is 3. The van der Waals surface area contributed by atoms with Gasteiger partial charge in [0, 0.05) is 22.5 Å². The molecule has 1 aliphatic rings. The largest absolute Gasteiger partial charge is 0.352 e. The fourth-order valence-electron chi connectivity index (χ4n) is 3.51. The summed E-state index contributed by atoms with van der Waals surface area (Å²) in [6.07, 6.45) is 1.68. The van der Waals surface area contributed by atoms with Crippen molar-refractivity contribution in [3.8, 4) is 11.4 Å². The lowest BCUT2D eigenvalue weighted by atomic mass is 9.96. The van der Waals surface area contributed by atoms with Crippen LogP contribution in [0.25, 0.3) is 11.4 Å². The molecule has 3 aromatic rings. The van der Waals surface area contributed by atoms with Crippen LogP contribution in [0.1, 0.15) is 24.3 Å². The van der Waals surface area contributed by atoms with Crippen molar-refractivity contribution in [2.75, 3.05) is 13.1 Å². The first-order valence-corrected chi connectivity index (χ1v) is 10.6. The number of likely N-dealkylation sites (tertiary alicyclic amines) is 1. The summed E-state index contributed by atoms with van der Waals surface area (Å²) in [5, 5.41) is 7.14. The minimum atomic E-state index is 0.0657. The molecule has 1 N–H and O–H groups in total. The lowest BCUT2D eigenvalue weighted by Gasteiger charge is -2.30. The maximum atomic E-state index is 12.4.